The summed E-state index contributed by atoms with van der Waals surface area (Å²) < 4.78 is 81.8. The summed E-state index contributed by atoms with van der Waals surface area (Å²) in [5.74, 6) is -3.31. The highest BCUT2D eigenvalue weighted by Crippen LogP contribution is 2.29. The molecular weight excluding hydrogens is 596 g/mol. The average Bonchev–Trinajstić information content (AvgIpc) is 3.05. The van der Waals surface area contributed by atoms with Crippen LogP contribution in [0.5, 0.6) is 5.75 Å². The van der Waals surface area contributed by atoms with E-state index >= 15 is 0 Å². The van der Waals surface area contributed by atoms with Crippen LogP contribution in [0.25, 0.3) is 0 Å². The van der Waals surface area contributed by atoms with E-state index in [1.54, 1.807) is 69.3 Å². The lowest BCUT2D eigenvalue weighted by Gasteiger charge is -2.23. The predicted molar refractivity (Wildman–Crippen MR) is 151 cm³/mol. The largest absolute Gasteiger partial charge is 0.497 e. The maximum atomic E-state index is 13.1. The van der Waals surface area contributed by atoms with Crippen molar-refractivity contribution < 1.29 is 50.2 Å². The number of aliphatic imine (C=N–C) groups is 1. The summed E-state index contributed by atoms with van der Waals surface area (Å²) in [4.78, 5) is 43.1. The van der Waals surface area contributed by atoms with Crippen molar-refractivity contribution in [3.63, 3.8) is 0 Å². The van der Waals surface area contributed by atoms with Crippen molar-refractivity contribution >= 4 is 29.2 Å². The Morgan fingerprint density at radius 2 is 1.61 bits per heavy atom. The highest BCUT2D eigenvalue weighted by molar-refractivity contribution is 6.20. The number of fused-ring (bicyclic) bond motifs is 1. The number of ether oxygens (including phenoxy) is 2. The molecule has 0 spiro atoms. The molecule has 1 aliphatic rings. The number of rotatable bonds is 8. The molecule has 1 heterocycles. The van der Waals surface area contributed by atoms with E-state index in [1.807, 2.05) is 0 Å². The van der Waals surface area contributed by atoms with Gasteiger partial charge in [0.05, 0.1) is 24.9 Å². The number of carbonyl (C=O) groups is 3. The molecule has 0 saturated heterocycles. The molecule has 2 N–H and O–H groups in total. The van der Waals surface area contributed by atoms with E-state index in [4.69, 9.17) is 9.47 Å². The fourth-order valence-corrected chi connectivity index (χ4v) is 3.84. The molecule has 0 radical (unpaired) electrons. The summed E-state index contributed by atoms with van der Waals surface area (Å²) in [6.07, 6.45) is -13.2. The van der Waals surface area contributed by atoms with Gasteiger partial charge in [0.1, 0.15) is 11.4 Å². The molecule has 2 atom stereocenters. The van der Waals surface area contributed by atoms with Crippen LogP contribution in [0.2, 0.25) is 0 Å². The zero-order chi connectivity index (χ0) is 33.3. The molecule has 44 heavy (non-hydrogen) atoms. The number of esters is 1. The number of halogens is 6. The van der Waals surface area contributed by atoms with Crippen LogP contribution in [-0.2, 0) is 19.1 Å². The summed E-state index contributed by atoms with van der Waals surface area (Å²) in [5.41, 5.74) is 1.06. The molecule has 242 valence electrons. The van der Waals surface area contributed by atoms with E-state index in [1.165, 1.54) is 7.11 Å². The van der Waals surface area contributed by atoms with Crippen molar-refractivity contribution in [3.05, 3.63) is 59.7 Å². The van der Waals surface area contributed by atoms with Crippen LogP contribution in [0.15, 0.2) is 53.5 Å². The quantitative estimate of drug-likeness (QED) is 0.253. The Morgan fingerprint density at radius 1 is 1.00 bits per heavy atom. The summed E-state index contributed by atoms with van der Waals surface area (Å²) >= 11 is 0. The molecule has 2 unspecified atom stereocenters. The monoisotopic (exact) mass is 631 g/mol. The molecule has 0 fully saturated rings. The first-order valence-corrected chi connectivity index (χ1v) is 13.6. The van der Waals surface area contributed by atoms with Gasteiger partial charge in [-0.25, -0.2) is 4.99 Å². The first-order chi connectivity index (χ1) is 20.3. The normalized spacial score (nSPS) is 15.8. The Labute approximate surface area is 251 Å². The lowest BCUT2D eigenvalue weighted by molar-refractivity contribution is -0.159. The van der Waals surface area contributed by atoms with Gasteiger partial charge in [0.15, 0.2) is 0 Å². The van der Waals surface area contributed by atoms with E-state index < -0.39 is 73.5 Å². The number of hydrogen-bond acceptors (Lipinski definition) is 6. The van der Waals surface area contributed by atoms with Crippen LogP contribution in [0, 0.1) is 5.92 Å². The molecular formula is C30H35F6N3O5. The van der Waals surface area contributed by atoms with E-state index in [0.717, 1.165) is 6.92 Å². The van der Waals surface area contributed by atoms with Crippen molar-refractivity contribution in [1.82, 2.24) is 5.32 Å². The maximum absolute atomic E-state index is 13.1. The molecule has 2 amide bonds. The van der Waals surface area contributed by atoms with Crippen LogP contribution in [0.1, 0.15) is 64.5 Å². The van der Waals surface area contributed by atoms with Crippen LogP contribution in [-0.4, -0.2) is 54.7 Å². The van der Waals surface area contributed by atoms with Crippen molar-refractivity contribution in [2.24, 2.45) is 10.9 Å². The molecule has 2 aromatic carbocycles. The second kappa shape index (κ2) is 15.1. The van der Waals surface area contributed by atoms with Gasteiger partial charge in [0, 0.05) is 29.9 Å². The second-order valence-corrected chi connectivity index (χ2v) is 10.8. The lowest BCUT2D eigenvalue weighted by Crippen LogP contribution is -2.45. The summed E-state index contributed by atoms with van der Waals surface area (Å²) in [5, 5.41) is 5.13. The van der Waals surface area contributed by atoms with Gasteiger partial charge >= 0.3 is 18.3 Å². The molecule has 0 aromatic heterocycles. The molecule has 0 bridgehead atoms. The summed E-state index contributed by atoms with van der Waals surface area (Å²) in [6, 6.07) is 13.9. The average molecular weight is 632 g/mol. The van der Waals surface area contributed by atoms with Gasteiger partial charge in [-0.05, 0) is 45.4 Å². The summed E-state index contributed by atoms with van der Waals surface area (Å²) in [6.45, 7) is 5.91. The molecule has 2 aromatic rings. The lowest BCUT2D eigenvalue weighted by atomic mass is 9.97. The third-order valence-corrected chi connectivity index (χ3v) is 5.95. The van der Waals surface area contributed by atoms with Crippen LogP contribution >= 0.6 is 0 Å². The van der Waals surface area contributed by atoms with Crippen LogP contribution in [0.3, 0.4) is 0 Å². The van der Waals surface area contributed by atoms with Gasteiger partial charge in [-0.1, -0.05) is 37.3 Å². The Bertz CT molecular complexity index is 1320. The van der Waals surface area contributed by atoms with Crippen molar-refractivity contribution in [1.29, 1.82) is 0 Å². The molecule has 3 rings (SSSR count). The number of benzene rings is 2. The maximum Gasteiger partial charge on any atom is 0.389 e. The van der Waals surface area contributed by atoms with Gasteiger partial charge in [-0.3, -0.25) is 14.4 Å². The summed E-state index contributed by atoms with van der Waals surface area (Å²) in [7, 11) is 1.49. The van der Waals surface area contributed by atoms with Crippen LogP contribution in [0.4, 0.5) is 32.0 Å². The van der Waals surface area contributed by atoms with E-state index in [2.05, 4.69) is 15.6 Å². The first kappa shape index (κ1) is 36.1. The zero-order valence-corrected chi connectivity index (χ0v) is 24.9. The highest BCUT2D eigenvalue weighted by atomic mass is 19.4. The minimum Gasteiger partial charge on any atom is -0.497 e. The minimum absolute atomic E-state index is 0.363. The molecule has 1 aliphatic heterocycles. The Kier molecular flexibility index (Phi) is 12.4. The molecule has 0 saturated carbocycles. The highest BCUT2D eigenvalue weighted by Gasteiger charge is 2.35. The number of nitrogens with zero attached hydrogens (tertiary/aromatic N) is 1. The third-order valence-electron chi connectivity index (χ3n) is 5.95. The first-order valence-electron chi connectivity index (χ1n) is 13.6. The second-order valence-electron chi connectivity index (χ2n) is 10.8. The van der Waals surface area contributed by atoms with E-state index in [0.29, 0.717) is 28.3 Å². The van der Waals surface area contributed by atoms with Crippen molar-refractivity contribution in [2.75, 3.05) is 12.4 Å². The fourth-order valence-electron chi connectivity index (χ4n) is 3.84. The Hall–Kier alpha value is -4.10. The van der Waals surface area contributed by atoms with Crippen molar-refractivity contribution in [3.8, 4) is 5.75 Å². The standard InChI is InChI=1S/C27H30F3N3O5.C3H5F3/c1-26(2,3)38-21(34)14-17(12-13-27(28,29)30)24(35)33-23-25(36)31-20-11-10-18(37-4)15-19(20)22(32-23)16-8-6-5-7-9-16;1-2-3(4,5)6/h5-11,15,17,23H,12-14H2,1-4H3,(H,31,36)(H,33,35);2H2,1H3. The fraction of sp³-hybridized carbons (Fsp3) is 0.467. The minimum atomic E-state index is -4.54. The predicted octanol–water partition coefficient (Wildman–Crippen LogP) is 6.58. The van der Waals surface area contributed by atoms with Gasteiger partial charge < -0.3 is 20.1 Å². The Balaban J connectivity index is 0.00000102. The number of carbonyl (C=O) groups excluding carboxylic acids is 3. The number of amides is 2. The topological polar surface area (TPSA) is 106 Å². The SMILES string of the molecule is CCC(F)(F)F.COc1ccc2c(c1)C(c1ccccc1)=NC(NC(=O)C(CCC(F)(F)F)CC(=O)OC(C)(C)C)C(=O)N2. The number of methoxy groups -OCH3 is 1. The van der Waals surface area contributed by atoms with E-state index in [9.17, 15) is 40.7 Å². The van der Waals surface area contributed by atoms with Crippen molar-refractivity contribution in [2.45, 2.75) is 77.5 Å². The van der Waals surface area contributed by atoms with Gasteiger partial charge in [0.25, 0.3) is 5.91 Å². The van der Waals surface area contributed by atoms with E-state index in [-0.39, 0.29) is 0 Å². The zero-order valence-electron chi connectivity index (χ0n) is 24.9. The number of benzodiazepines with no additional fused rings is 1. The number of anilines is 1. The Morgan fingerprint density at radius 3 is 2.14 bits per heavy atom. The number of nitrogens with one attached hydrogen (secondary N) is 2. The van der Waals surface area contributed by atoms with Gasteiger partial charge in [-0.2, -0.15) is 26.3 Å². The third kappa shape index (κ3) is 12.3. The van der Waals surface area contributed by atoms with Gasteiger partial charge in [0.2, 0.25) is 12.1 Å². The van der Waals surface area contributed by atoms with Gasteiger partial charge in [-0.15, -0.1) is 0 Å². The van der Waals surface area contributed by atoms with Crippen LogP contribution < -0.4 is 15.4 Å². The molecule has 0 aliphatic carbocycles. The smallest absolute Gasteiger partial charge is 0.389 e. The number of hydrogen-bond donors (Lipinski definition) is 2. The molecule has 14 heteroatoms. The molecule has 8 nitrogen and oxygen atoms in total. The number of alkyl halides is 6.